The van der Waals surface area contributed by atoms with E-state index >= 15 is 8.78 Å². The fourth-order valence-corrected chi connectivity index (χ4v) is 6.58. The highest BCUT2D eigenvalue weighted by atomic mass is 19.4. The number of carbonyl (C=O) groups excluding carboxylic acids is 2. The third-order valence-corrected chi connectivity index (χ3v) is 9.25. The number of aryl methyl sites for hydroxylation is 3. The fourth-order valence-electron chi connectivity index (χ4n) is 6.58. The first kappa shape index (κ1) is 43.3. The minimum atomic E-state index is -5.32. The van der Waals surface area contributed by atoms with Gasteiger partial charge in [0.05, 0.1) is 30.2 Å². The van der Waals surface area contributed by atoms with Crippen molar-refractivity contribution < 1.29 is 49.4 Å². The van der Waals surface area contributed by atoms with Crippen molar-refractivity contribution in [3.63, 3.8) is 0 Å². The highest BCUT2D eigenvalue weighted by molar-refractivity contribution is 5.85. The summed E-state index contributed by atoms with van der Waals surface area (Å²) in [6.07, 6.45) is -11.1. The van der Waals surface area contributed by atoms with Gasteiger partial charge in [0.25, 0.3) is 5.56 Å². The van der Waals surface area contributed by atoms with Crippen molar-refractivity contribution in [3.8, 4) is 11.1 Å². The number of benzene rings is 2. The molecule has 2 atom stereocenters. The lowest BCUT2D eigenvalue weighted by molar-refractivity contribution is -0.143. The predicted octanol–water partition coefficient (Wildman–Crippen LogP) is 9.53. The smallest absolute Gasteiger partial charge is 0.419 e. The minimum absolute atomic E-state index is 0.0752. The molecule has 2 aromatic carbocycles. The Hall–Kier alpha value is -4.07. The van der Waals surface area contributed by atoms with Crippen LogP contribution in [0.5, 0.6) is 0 Å². The van der Waals surface area contributed by atoms with Gasteiger partial charge in [-0.25, -0.2) is 8.78 Å². The normalized spacial score (nSPS) is 13.5. The van der Waals surface area contributed by atoms with Gasteiger partial charge in [-0.15, -0.1) is 0 Å². The molecule has 0 bridgehead atoms. The van der Waals surface area contributed by atoms with Gasteiger partial charge in [-0.05, 0) is 107 Å². The van der Waals surface area contributed by atoms with E-state index in [0.717, 1.165) is 10.8 Å². The maximum Gasteiger partial charge on any atom is 0.419 e. The second-order valence-electron chi connectivity index (χ2n) is 14.1. The van der Waals surface area contributed by atoms with Crippen LogP contribution in [0.2, 0.25) is 0 Å². The summed E-state index contributed by atoms with van der Waals surface area (Å²) in [5.74, 6) is -7.60. The fraction of sp³-hybridized carbons (Fsp3) is 0.513. The lowest BCUT2D eigenvalue weighted by Crippen LogP contribution is -2.33. The van der Waals surface area contributed by atoms with Crippen molar-refractivity contribution in [2.75, 3.05) is 27.2 Å². The molecule has 292 valence electrons. The molecule has 1 aromatic heterocycles. The molecule has 0 fully saturated rings. The molecule has 0 aliphatic rings. The van der Waals surface area contributed by atoms with Crippen molar-refractivity contribution in [2.24, 2.45) is 5.92 Å². The van der Waals surface area contributed by atoms with Crippen LogP contribution in [0.4, 0.5) is 35.1 Å². The molecule has 0 N–H and O–H groups in total. The van der Waals surface area contributed by atoms with Gasteiger partial charge in [0, 0.05) is 35.7 Å². The summed E-state index contributed by atoms with van der Waals surface area (Å²) >= 11 is 0. The van der Waals surface area contributed by atoms with Crippen molar-refractivity contribution in [1.82, 2.24) is 9.47 Å². The summed E-state index contributed by atoms with van der Waals surface area (Å²) < 4.78 is 124. The lowest BCUT2D eigenvalue weighted by Gasteiger charge is -2.27. The monoisotopic (exact) mass is 758 g/mol. The quantitative estimate of drug-likeness (QED) is 0.114. The van der Waals surface area contributed by atoms with Crippen LogP contribution in [-0.4, -0.2) is 48.5 Å². The maximum absolute atomic E-state index is 16.8. The first-order valence-corrected chi connectivity index (χ1v) is 17.3. The number of halogens is 8. The van der Waals surface area contributed by atoms with Crippen molar-refractivity contribution in [2.45, 2.75) is 98.0 Å². The molecule has 0 saturated heterocycles. The number of ketones is 1. The van der Waals surface area contributed by atoms with Crippen LogP contribution in [0.1, 0.15) is 97.4 Å². The molecule has 14 heteroatoms. The van der Waals surface area contributed by atoms with Crippen LogP contribution >= 0.6 is 0 Å². The number of hydrogen-bond acceptors (Lipinski definition) is 5. The average molecular weight is 759 g/mol. The molecule has 0 spiro atoms. The number of pyridine rings is 1. The van der Waals surface area contributed by atoms with Crippen molar-refractivity contribution in [3.05, 3.63) is 91.4 Å². The average Bonchev–Trinajstić information content (AvgIpc) is 3.02. The first-order valence-electron chi connectivity index (χ1n) is 17.3. The number of rotatable bonds is 15. The van der Waals surface area contributed by atoms with Crippen LogP contribution in [0.25, 0.3) is 11.1 Å². The van der Waals surface area contributed by atoms with Gasteiger partial charge in [-0.3, -0.25) is 14.4 Å². The SMILES string of the molecule is CCOC(=O)C[C@H](CC(=O)C(CC(C)C)n1cc(CCCN(C)C)c(C(F)(F)F)cc1=O)c1c(F)c(-c2c(C)ccc(C)c2C)cc(C(F)(F)F)c1F. The molecular formula is C39H46F8N2O4. The molecule has 1 unspecified atom stereocenters. The number of ether oxygens (including phenoxy) is 1. The number of carbonyl (C=O) groups is 2. The Morgan fingerprint density at radius 3 is 2.04 bits per heavy atom. The molecule has 6 nitrogen and oxygen atoms in total. The number of esters is 1. The number of Topliss-reactive ketones (excluding diaryl/α,β-unsaturated/α-hetero) is 1. The molecule has 53 heavy (non-hydrogen) atoms. The van der Waals surface area contributed by atoms with Gasteiger partial charge in [-0.2, -0.15) is 26.3 Å². The molecule has 0 amide bonds. The zero-order valence-corrected chi connectivity index (χ0v) is 31.1. The zero-order chi connectivity index (χ0) is 40.2. The number of nitrogens with zero attached hydrogens (tertiary/aromatic N) is 2. The standard InChI is InChI=1S/C39H46F8N2O4/c1-9-53-33(52)17-26(35-36(40)27(18-29(37(35)41)39(45,46)47)34-23(5)13-12-22(4)24(34)6)16-31(50)30(15-21(2)3)49-20-25(11-10-14-48(7)8)28(19-32(49)51)38(42,43)44/h12-13,18-21,26,30H,9-11,14-17H2,1-8H3/t26-,30?/m0/s1. The van der Waals surface area contributed by atoms with Crippen LogP contribution in [0.15, 0.2) is 35.3 Å². The molecule has 1 heterocycles. The Labute approximate surface area is 304 Å². The summed E-state index contributed by atoms with van der Waals surface area (Å²) in [6.45, 7) is 9.80. The van der Waals surface area contributed by atoms with Gasteiger partial charge < -0.3 is 14.2 Å². The summed E-state index contributed by atoms with van der Waals surface area (Å²) in [6, 6.07) is 2.54. The van der Waals surface area contributed by atoms with E-state index in [1.807, 2.05) is 0 Å². The van der Waals surface area contributed by atoms with Crippen LogP contribution in [-0.2, 0) is 33.1 Å². The van der Waals surface area contributed by atoms with Crippen molar-refractivity contribution >= 4 is 11.8 Å². The van der Waals surface area contributed by atoms with E-state index in [2.05, 4.69) is 0 Å². The van der Waals surface area contributed by atoms with Crippen LogP contribution in [0, 0.1) is 38.3 Å². The maximum atomic E-state index is 16.8. The van der Waals surface area contributed by atoms with E-state index in [0.29, 0.717) is 35.4 Å². The van der Waals surface area contributed by atoms with Crippen molar-refractivity contribution in [1.29, 1.82) is 0 Å². The van der Waals surface area contributed by atoms with E-state index in [1.54, 1.807) is 65.7 Å². The van der Waals surface area contributed by atoms with Gasteiger partial charge in [0.1, 0.15) is 11.6 Å². The third-order valence-electron chi connectivity index (χ3n) is 9.25. The zero-order valence-electron chi connectivity index (χ0n) is 31.1. The van der Waals surface area contributed by atoms with Gasteiger partial charge in [0.2, 0.25) is 0 Å². The summed E-state index contributed by atoms with van der Waals surface area (Å²) in [4.78, 5) is 42.2. The molecule has 3 rings (SSSR count). The molecule has 0 radical (unpaired) electrons. The molecule has 0 saturated carbocycles. The molecule has 0 aliphatic heterocycles. The molecule has 3 aromatic rings. The van der Waals surface area contributed by atoms with Gasteiger partial charge in [0.15, 0.2) is 5.78 Å². The Morgan fingerprint density at radius 1 is 0.887 bits per heavy atom. The number of alkyl halides is 6. The highest BCUT2D eigenvalue weighted by Gasteiger charge is 2.41. The van der Waals surface area contributed by atoms with Crippen LogP contribution in [0.3, 0.4) is 0 Å². The van der Waals surface area contributed by atoms with Crippen LogP contribution < -0.4 is 5.56 Å². The number of aromatic nitrogens is 1. The Morgan fingerprint density at radius 2 is 1.49 bits per heavy atom. The minimum Gasteiger partial charge on any atom is -0.466 e. The van der Waals surface area contributed by atoms with E-state index < -0.39 is 88.4 Å². The van der Waals surface area contributed by atoms with Gasteiger partial charge in [-0.1, -0.05) is 26.0 Å². The topological polar surface area (TPSA) is 68.6 Å². The van der Waals surface area contributed by atoms with E-state index in [1.165, 1.54) is 6.92 Å². The number of hydrogen-bond donors (Lipinski definition) is 0. The Balaban J connectivity index is 2.31. The van der Waals surface area contributed by atoms with Gasteiger partial charge >= 0.3 is 18.3 Å². The lowest BCUT2D eigenvalue weighted by atomic mass is 9.82. The second-order valence-corrected chi connectivity index (χ2v) is 14.1. The largest absolute Gasteiger partial charge is 0.466 e. The summed E-state index contributed by atoms with van der Waals surface area (Å²) in [5.41, 5.74) is -4.66. The van der Waals surface area contributed by atoms with E-state index in [9.17, 15) is 40.7 Å². The third kappa shape index (κ3) is 10.5. The summed E-state index contributed by atoms with van der Waals surface area (Å²) in [5, 5.41) is 0. The Kier molecular flexibility index (Phi) is 14.2. The Bertz CT molecular complexity index is 1860. The molecule has 0 aliphatic carbocycles. The second kappa shape index (κ2) is 17.4. The molecular weight excluding hydrogens is 712 g/mol. The summed E-state index contributed by atoms with van der Waals surface area (Å²) in [7, 11) is 3.47. The predicted molar refractivity (Wildman–Crippen MR) is 186 cm³/mol. The first-order chi connectivity index (χ1) is 24.5. The highest BCUT2D eigenvalue weighted by Crippen LogP contribution is 2.44. The van der Waals surface area contributed by atoms with E-state index in [4.69, 9.17) is 4.74 Å². The van der Waals surface area contributed by atoms with E-state index in [-0.39, 0.29) is 42.9 Å².